The van der Waals surface area contributed by atoms with Crippen molar-refractivity contribution in [3.8, 4) is 5.75 Å². The first-order valence-corrected chi connectivity index (χ1v) is 11.5. The first kappa shape index (κ1) is 23.2. The van der Waals surface area contributed by atoms with Gasteiger partial charge in [-0.25, -0.2) is 4.68 Å². The lowest BCUT2D eigenvalue weighted by Gasteiger charge is -2.34. The van der Waals surface area contributed by atoms with Crippen LogP contribution in [0.1, 0.15) is 16.1 Å². The molecule has 10 heteroatoms. The number of ether oxygens (including phenoxy) is 1. The molecule has 0 bridgehead atoms. The molecule has 1 amide bonds. The van der Waals surface area contributed by atoms with Crippen molar-refractivity contribution in [2.24, 2.45) is 0 Å². The number of hydrogen-bond acceptors (Lipinski definition) is 4. The summed E-state index contributed by atoms with van der Waals surface area (Å²) in [5.74, 6) is 0.283. The number of carbonyl (C=O) groups excluding carboxylic acids is 1. The number of amides is 1. The van der Waals surface area contributed by atoms with Crippen LogP contribution in [0.3, 0.4) is 0 Å². The van der Waals surface area contributed by atoms with Gasteiger partial charge in [-0.2, -0.15) is 5.10 Å². The van der Waals surface area contributed by atoms with E-state index in [0.717, 1.165) is 25.2 Å². The molecule has 168 valence electrons. The third kappa shape index (κ3) is 5.50. The summed E-state index contributed by atoms with van der Waals surface area (Å²) >= 11 is 24.3. The Morgan fingerprint density at radius 1 is 0.906 bits per heavy atom. The van der Waals surface area contributed by atoms with E-state index >= 15 is 0 Å². The number of nitrogens with zero attached hydrogens (tertiary/aromatic N) is 4. The average molecular weight is 514 g/mol. The maximum absolute atomic E-state index is 12.9. The topological polar surface area (TPSA) is 50.6 Å². The van der Waals surface area contributed by atoms with Crippen molar-refractivity contribution < 1.29 is 9.53 Å². The van der Waals surface area contributed by atoms with Crippen LogP contribution < -0.4 is 4.74 Å². The van der Waals surface area contributed by atoms with E-state index in [-0.39, 0.29) is 12.6 Å². The van der Waals surface area contributed by atoms with Crippen LogP contribution in [0.5, 0.6) is 5.75 Å². The van der Waals surface area contributed by atoms with E-state index in [1.54, 1.807) is 36.5 Å². The number of para-hydroxylation sites is 1. The Bertz CT molecular complexity index is 1090. The molecular formula is C22H20Cl4N4O2. The summed E-state index contributed by atoms with van der Waals surface area (Å²) in [7, 11) is 0. The number of aromatic nitrogens is 2. The predicted molar refractivity (Wildman–Crippen MR) is 127 cm³/mol. The van der Waals surface area contributed by atoms with Gasteiger partial charge < -0.3 is 9.64 Å². The zero-order chi connectivity index (χ0) is 22.7. The van der Waals surface area contributed by atoms with Crippen LogP contribution in [-0.4, -0.2) is 51.7 Å². The van der Waals surface area contributed by atoms with E-state index in [4.69, 9.17) is 51.1 Å². The van der Waals surface area contributed by atoms with Crippen LogP contribution in [0.4, 0.5) is 0 Å². The number of halogens is 4. The lowest BCUT2D eigenvalue weighted by Crippen LogP contribution is -2.48. The molecule has 0 saturated carbocycles. The molecule has 1 fully saturated rings. The molecule has 0 N–H and O–H groups in total. The summed E-state index contributed by atoms with van der Waals surface area (Å²) in [6.45, 7) is 3.63. The summed E-state index contributed by atoms with van der Waals surface area (Å²) in [6, 6.07) is 12.5. The molecule has 3 aromatic rings. The van der Waals surface area contributed by atoms with Crippen LogP contribution in [0.25, 0.3) is 0 Å². The van der Waals surface area contributed by atoms with Crippen LogP contribution in [0.15, 0.2) is 48.7 Å². The number of rotatable bonds is 6. The third-order valence-corrected chi connectivity index (χ3v) is 6.50. The molecule has 0 atom stereocenters. The highest BCUT2D eigenvalue weighted by Gasteiger charge is 2.24. The van der Waals surface area contributed by atoms with Gasteiger partial charge in [-0.3, -0.25) is 9.69 Å². The van der Waals surface area contributed by atoms with Gasteiger partial charge in [0.05, 0.1) is 20.1 Å². The SMILES string of the molecule is O=C(c1ccn(COc2c(Cl)cccc2Cl)n1)N1CCN(Cc2ccc(Cl)c(Cl)c2)CC1. The zero-order valence-corrected chi connectivity index (χ0v) is 20.0. The molecule has 32 heavy (non-hydrogen) atoms. The van der Waals surface area contributed by atoms with Gasteiger partial charge in [-0.15, -0.1) is 0 Å². The standard InChI is InChI=1S/C22H20Cl4N4O2/c23-16-5-4-15(12-19(16)26)13-28-8-10-29(11-9-28)22(31)20-6-7-30(27-20)14-32-21-17(24)2-1-3-18(21)25/h1-7,12H,8-11,13-14H2. The molecular weight excluding hydrogens is 494 g/mol. The van der Waals surface area contributed by atoms with Crippen molar-refractivity contribution in [1.29, 1.82) is 0 Å². The summed E-state index contributed by atoms with van der Waals surface area (Å²) < 4.78 is 7.20. The monoisotopic (exact) mass is 512 g/mol. The Balaban J connectivity index is 1.30. The molecule has 1 aliphatic heterocycles. The lowest BCUT2D eigenvalue weighted by atomic mass is 10.2. The van der Waals surface area contributed by atoms with Crippen molar-refractivity contribution in [2.45, 2.75) is 13.3 Å². The van der Waals surface area contributed by atoms with E-state index in [0.29, 0.717) is 44.6 Å². The fraction of sp³-hybridized carbons (Fsp3) is 0.273. The fourth-order valence-electron chi connectivity index (χ4n) is 3.47. The van der Waals surface area contributed by atoms with Gasteiger partial charge in [0.1, 0.15) is 0 Å². The van der Waals surface area contributed by atoms with Crippen molar-refractivity contribution in [3.05, 3.63) is 80.0 Å². The largest absolute Gasteiger partial charge is 0.468 e. The Morgan fingerprint density at radius 2 is 1.62 bits per heavy atom. The number of benzene rings is 2. The summed E-state index contributed by atoms with van der Waals surface area (Å²) in [5.41, 5.74) is 1.47. The molecule has 0 spiro atoms. The minimum absolute atomic E-state index is 0.0914. The Labute approximate surface area is 206 Å². The average Bonchev–Trinajstić information content (AvgIpc) is 3.25. The Morgan fingerprint density at radius 3 is 2.31 bits per heavy atom. The molecule has 1 aliphatic rings. The zero-order valence-electron chi connectivity index (χ0n) is 17.0. The van der Waals surface area contributed by atoms with Crippen molar-refractivity contribution in [3.63, 3.8) is 0 Å². The molecule has 2 heterocycles. The molecule has 6 nitrogen and oxygen atoms in total. The van der Waals surface area contributed by atoms with Crippen molar-refractivity contribution in [1.82, 2.24) is 19.6 Å². The first-order chi connectivity index (χ1) is 15.4. The minimum atomic E-state index is -0.103. The predicted octanol–water partition coefficient (Wildman–Crippen LogP) is 5.49. The molecule has 0 aliphatic carbocycles. The molecule has 0 radical (unpaired) electrons. The van der Waals surface area contributed by atoms with Crippen LogP contribution in [0.2, 0.25) is 20.1 Å². The maximum Gasteiger partial charge on any atom is 0.274 e. The van der Waals surface area contributed by atoms with Gasteiger partial charge >= 0.3 is 0 Å². The van der Waals surface area contributed by atoms with Crippen LogP contribution in [0, 0.1) is 0 Å². The molecule has 1 saturated heterocycles. The van der Waals surface area contributed by atoms with Crippen LogP contribution >= 0.6 is 46.4 Å². The maximum atomic E-state index is 12.9. The Kier molecular flexibility index (Phi) is 7.48. The van der Waals surface area contributed by atoms with E-state index < -0.39 is 0 Å². The number of hydrogen-bond donors (Lipinski definition) is 0. The molecule has 1 aromatic heterocycles. The quantitative estimate of drug-likeness (QED) is 0.437. The second-order valence-corrected chi connectivity index (χ2v) is 9.01. The van der Waals surface area contributed by atoms with Crippen molar-refractivity contribution in [2.75, 3.05) is 26.2 Å². The van der Waals surface area contributed by atoms with E-state index in [9.17, 15) is 4.79 Å². The molecule has 4 rings (SSSR count). The van der Waals surface area contributed by atoms with Gasteiger partial charge in [-0.05, 0) is 35.9 Å². The summed E-state index contributed by atoms with van der Waals surface area (Å²) in [4.78, 5) is 16.9. The van der Waals surface area contributed by atoms with Gasteiger partial charge in [-0.1, -0.05) is 58.5 Å². The highest BCUT2D eigenvalue weighted by atomic mass is 35.5. The van der Waals surface area contributed by atoms with E-state index in [2.05, 4.69) is 10.00 Å². The summed E-state index contributed by atoms with van der Waals surface area (Å²) in [5, 5.41) is 6.27. The minimum Gasteiger partial charge on any atom is -0.468 e. The second kappa shape index (κ2) is 10.3. The smallest absolute Gasteiger partial charge is 0.274 e. The molecule has 0 unspecified atom stereocenters. The van der Waals surface area contributed by atoms with Gasteiger partial charge in [0.25, 0.3) is 5.91 Å². The van der Waals surface area contributed by atoms with Crippen LogP contribution in [-0.2, 0) is 13.3 Å². The highest BCUT2D eigenvalue weighted by Crippen LogP contribution is 2.32. The normalized spacial score (nSPS) is 14.6. The fourth-order valence-corrected chi connectivity index (χ4v) is 4.29. The lowest BCUT2D eigenvalue weighted by molar-refractivity contribution is 0.0621. The molecule has 2 aromatic carbocycles. The third-order valence-electron chi connectivity index (χ3n) is 5.17. The Hall–Kier alpha value is -1.96. The van der Waals surface area contributed by atoms with Gasteiger partial charge in [0, 0.05) is 38.9 Å². The summed E-state index contributed by atoms with van der Waals surface area (Å²) in [6.07, 6.45) is 1.69. The van der Waals surface area contributed by atoms with E-state index in [1.807, 2.05) is 17.0 Å². The van der Waals surface area contributed by atoms with Gasteiger partial charge in [0.2, 0.25) is 0 Å². The second-order valence-electron chi connectivity index (χ2n) is 7.38. The van der Waals surface area contributed by atoms with Gasteiger partial charge in [0.15, 0.2) is 18.2 Å². The number of carbonyl (C=O) groups is 1. The number of piperazine rings is 1. The van der Waals surface area contributed by atoms with Crippen molar-refractivity contribution >= 4 is 52.3 Å². The first-order valence-electron chi connectivity index (χ1n) is 9.96. The van der Waals surface area contributed by atoms with E-state index in [1.165, 1.54) is 4.68 Å². The highest BCUT2D eigenvalue weighted by molar-refractivity contribution is 6.42.